The second kappa shape index (κ2) is 6.09. The number of benzene rings is 1. The quantitative estimate of drug-likeness (QED) is 0.912. The largest absolute Gasteiger partial charge is 0.497 e. The van der Waals surface area contributed by atoms with Crippen molar-refractivity contribution in [2.45, 2.75) is 32.8 Å². The van der Waals surface area contributed by atoms with Gasteiger partial charge in [0.15, 0.2) is 0 Å². The van der Waals surface area contributed by atoms with E-state index in [-0.39, 0.29) is 0 Å². The molecule has 1 N–H and O–H groups in total. The number of rotatable bonds is 5. The van der Waals surface area contributed by atoms with Gasteiger partial charge in [-0.05, 0) is 49.9 Å². The number of hydrogen-bond acceptors (Lipinski definition) is 3. The molecular formula is C16H22N2O2. The minimum atomic E-state index is -0.458. The summed E-state index contributed by atoms with van der Waals surface area (Å²) in [6.07, 6.45) is 1.07. The molecule has 1 unspecified atom stereocenters. The fraction of sp³-hybridized carbons (Fsp3) is 0.438. The highest BCUT2D eigenvalue weighted by atomic mass is 16.5. The predicted octanol–water partition coefficient (Wildman–Crippen LogP) is 2.71. The Labute approximate surface area is 120 Å². The zero-order valence-electron chi connectivity index (χ0n) is 12.6. The number of hydrogen-bond donors (Lipinski definition) is 1. The third kappa shape index (κ3) is 3.02. The lowest BCUT2D eigenvalue weighted by Gasteiger charge is -2.12. The number of methoxy groups -OCH3 is 1. The number of ether oxygens (including phenoxy) is 1. The zero-order valence-corrected chi connectivity index (χ0v) is 12.6. The summed E-state index contributed by atoms with van der Waals surface area (Å²) in [7, 11) is 3.59. The van der Waals surface area contributed by atoms with Crippen LogP contribution in [0.2, 0.25) is 0 Å². The van der Waals surface area contributed by atoms with Crippen LogP contribution >= 0.6 is 0 Å². The Morgan fingerprint density at radius 3 is 2.40 bits per heavy atom. The van der Waals surface area contributed by atoms with E-state index in [1.54, 1.807) is 7.11 Å². The molecular weight excluding hydrogens is 252 g/mol. The van der Waals surface area contributed by atoms with Gasteiger partial charge in [0, 0.05) is 12.7 Å². The van der Waals surface area contributed by atoms with Gasteiger partial charge >= 0.3 is 0 Å². The Hall–Kier alpha value is -1.81. The molecule has 1 heterocycles. The summed E-state index contributed by atoms with van der Waals surface area (Å²) >= 11 is 0. The molecule has 4 nitrogen and oxygen atoms in total. The van der Waals surface area contributed by atoms with E-state index in [0.29, 0.717) is 6.42 Å². The topological polar surface area (TPSA) is 47.3 Å². The molecule has 0 aliphatic heterocycles. The molecule has 4 heteroatoms. The molecule has 0 spiro atoms. The lowest BCUT2D eigenvalue weighted by atomic mass is 10.0. The Balaban J connectivity index is 2.02. The number of aliphatic hydroxyl groups is 1. The summed E-state index contributed by atoms with van der Waals surface area (Å²) in [5.74, 6) is 0.805. The lowest BCUT2D eigenvalue weighted by Crippen LogP contribution is -2.01. The molecule has 0 bridgehead atoms. The summed E-state index contributed by atoms with van der Waals surface area (Å²) in [5.41, 5.74) is 4.38. The number of aromatic nitrogens is 2. The minimum absolute atomic E-state index is 0.458. The summed E-state index contributed by atoms with van der Waals surface area (Å²) in [6.45, 7) is 4.08. The summed E-state index contributed by atoms with van der Waals surface area (Å²) in [5, 5.41) is 14.7. The standard InChI is InChI=1S/C16H22N2O2/c1-11-15(12(2)18(3)17-11)9-10-16(19)13-5-7-14(20-4)8-6-13/h5-8,16,19H,9-10H2,1-4H3. The molecule has 1 atom stereocenters. The summed E-state index contributed by atoms with van der Waals surface area (Å²) in [6, 6.07) is 7.57. The van der Waals surface area contributed by atoms with E-state index in [0.717, 1.165) is 23.4 Å². The van der Waals surface area contributed by atoms with E-state index in [2.05, 4.69) is 12.0 Å². The average molecular weight is 274 g/mol. The van der Waals surface area contributed by atoms with Crippen molar-refractivity contribution in [3.63, 3.8) is 0 Å². The number of aryl methyl sites for hydroxylation is 2. The maximum absolute atomic E-state index is 10.3. The fourth-order valence-electron chi connectivity index (χ4n) is 2.45. The SMILES string of the molecule is COc1ccc(C(O)CCc2c(C)nn(C)c2C)cc1. The van der Waals surface area contributed by atoms with Crippen LogP contribution in [0, 0.1) is 13.8 Å². The minimum Gasteiger partial charge on any atom is -0.497 e. The van der Waals surface area contributed by atoms with Crippen LogP contribution in [-0.4, -0.2) is 22.0 Å². The van der Waals surface area contributed by atoms with Gasteiger partial charge in [-0.25, -0.2) is 0 Å². The molecule has 108 valence electrons. The Bertz CT molecular complexity index is 573. The van der Waals surface area contributed by atoms with Gasteiger partial charge in [-0.15, -0.1) is 0 Å². The maximum atomic E-state index is 10.3. The molecule has 0 aliphatic carbocycles. The van der Waals surface area contributed by atoms with Crippen LogP contribution < -0.4 is 4.74 Å². The van der Waals surface area contributed by atoms with Crippen LogP contribution in [-0.2, 0) is 13.5 Å². The molecule has 0 aliphatic rings. The van der Waals surface area contributed by atoms with Crippen LogP contribution in [0.1, 0.15) is 35.0 Å². The van der Waals surface area contributed by atoms with Gasteiger partial charge in [-0.3, -0.25) is 4.68 Å². The van der Waals surface area contributed by atoms with Gasteiger partial charge in [-0.2, -0.15) is 5.10 Å². The average Bonchev–Trinajstić information content (AvgIpc) is 2.70. The van der Waals surface area contributed by atoms with E-state index >= 15 is 0 Å². The first-order valence-electron chi connectivity index (χ1n) is 6.84. The number of aliphatic hydroxyl groups excluding tert-OH is 1. The van der Waals surface area contributed by atoms with Crippen molar-refractivity contribution in [3.8, 4) is 5.75 Å². The van der Waals surface area contributed by atoms with Crippen molar-refractivity contribution in [1.82, 2.24) is 9.78 Å². The van der Waals surface area contributed by atoms with Gasteiger partial charge in [0.25, 0.3) is 0 Å². The highest BCUT2D eigenvalue weighted by Crippen LogP contribution is 2.23. The number of nitrogens with zero attached hydrogens (tertiary/aromatic N) is 2. The van der Waals surface area contributed by atoms with Crippen LogP contribution in [0.3, 0.4) is 0 Å². The summed E-state index contributed by atoms with van der Waals surface area (Å²) in [4.78, 5) is 0. The highest BCUT2D eigenvalue weighted by Gasteiger charge is 2.13. The van der Waals surface area contributed by atoms with E-state index < -0.39 is 6.10 Å². The highest BCUT2D eigenvalue weighted by molar-refractivity contribution is 5.29. The van der Waals surface area contributed by atoms with E-state index in [4.69, 9.17) is 4.74 Å². The third-order valence-corrected chi connectivity index (χ3v) is 3.83. The normalized spacial score (nSPS) is 12.4. The second-order valence-corrected chi connectivity index (χ2v) is 5.10. The van der Waals surface area contributed by atoms with E-state index in [1.165, 1.54) is 11.3 Å². The van der Waals surface area contributed by atoms with Crippen LogP contribution in [0.15, 0.2) is 24.3 Å². The molecule has 2 rings (SSSR count). The Morgan fingerprint density at radius 2 is 1.90 bits per heavy atom. The monoisotopic (exact) mass is 274 g/mol. The Kier molecular flexibility index (Phi) is 4.45. The van der Waals surface area contributed by atoms with Gasteiger partial charge < -0.3 is 9.84 Å². The smallest absolute Gasteiger partial charge is 0.118 e. The van der Waals surface area contributed by atoms with Gasteiger partial charge in [0.05, 0.1) is 18.9 Å². The fourth-order valence-corrected chi connectivity index (χ4v) is 2.45. The van der Waals surface area contributed by atoms with Gasteiger partial charge in [0.1, 0.15) is 5.75 Å². The second-order valence-electron chi connectivity index (χ2n) is 5.10. The lowest BCUT2D eigenvalue weighted by molar-refractivity contribution is 0.167. The molecule has 2 aromatic rings. The molecule has 0 radical (unpaired) electrons. The molecule has 1 aromatic heterocycles. The van der Waals surface area contributed by atoms with Crippen LogP contribution in [0.5, 0.6) is 5.75 Å². The van der Waals surface area contributed by atoms with Gasteiger partial charge in [-0.1, -0.05) is 12.1 Å². The molecule has 0 amide bonds. The molecule has 1 aromatic carbocycles. The maximum Gasteiger partial charge on any atom is 0.118 e. The Morgan fingerprint density at radius 1 is 1.25 bits per heavy atom. The van der Waals surface area contributed by atoms with Crippen LogP contribution in [0.4, 0.5) is 0 Å². The zero-order chi connectivity index (χ0) is 14.7. The van der Waals surface area contributed by atoms with Crippen molar-refractivity contribution in [1.29, 1.82) is 0 Å². The molecule has 20 heavy (non-hydrogen) atoms. The predicted molar refractivity (Wildman–Crippen MR) is 79.0 cm³/mol. The van der Waals surface area contributed by atoms with Crippen LogP contribution in [0.25, 0.3) is 0 Å². The first kappa shape index (κ1) is 14.6. The van der Waals surface area contributed by atoms with E-state index in [9.17, 15) is 5.11 Å². The van der Waals surface area contributed by atoms with Crippen molar-refractivity contribution in [3.05, 3.63) is 46.8 Å². The third-order valence-electron chi connectivity index (χ3n) is 3.83. The molecule has 0 fully saturated rings. The van der Waals surface area contributed by atoms with E-state index in [1.807, 2.05) is 42.9 Å². The van der Waals surface area contributed by atoms with Crippen molar-refractivity contribution < 1.29 is 9.84 Å². The van der Waals surface area contributed by atoms with Gasteiger partial charge in [0.2, 0.25) is 0 Å². The molecule has 0 saturated heterocycles. The first-order valence-corrected chi connectivity index (χ1v) is 6.84. The van der Waals surface area contributed by atoms with Crippen molar-refractivity contribution in [2.75, 3.05) is 7.11 Å². The first-order chi connectivity index (χ1) is 9.52. The van der Waals surface area contributed by atoms with Crippen molar-refractivity contribution in [2.24, 2.45) is 7.05 Å². The summed E-state index contributed by atoms with van der Waals surface area (Å²) < 4.78 is 7.01. The van der Waals surface area contributed by atoms with Crippen molar-refractivity contribution >= 4 is 0 Å². The molecule has 0 saturated carbocycles.